The number of fused-ring (bicyclic) bond motifs is 1. The van der Waals surface area contributed by atoms with Crippen LogP contribution in [0.3, 0.4) is 0 Å². The van der Waals surface area contributed by atoms with Gasteiger partial charge in [-0.05, 0) is 32.4 Å². The standard InChI is InChI=1S/C19H24N2O4/c1-19(2,3)25-18(23)21-13-14(15-6-4-5-7-16(15)21)12-17(22)20-8-10-24-11-9-20/h4-7,13H,8-12H2,1-3H3. The fraction of sp³-hybridized carbons (Fsp3) is 0.474. The number of para-hydroxylation sites is 1. The van der Waals surface area contributed by atoms with Crippen LogP contribution in [0, 0.1) is 0 Å². The van der Waals surface area contributed by atoms with Crippen molar-refractivity contribution in [2.75, 3.05) is 26.3 Å². The van der Waals surface area contributed by atoms with E-state index >= 15 is 0 Å². The zero-order chi connectivity index (χ0) is 18.0. The van der Waals surface area contributed by atoms with Crippen molar-refractivity contribution in [3.8, 4) is 0 Å². The molecule has 2 aromatic rings. The van der Waals surface area contributed by atoms with Crippen molar-refractivity contribution in [1.82, 2.24) is 9.47 Å². The summed E-state index contributed by atoms with van der Waals surface area (Å²) < 4.78 is 12.3. The fourth-order valence-corrected chi connectivity index (χ4v) is 2.94. The van der Waals surface area contributed by atoms with Gasteiger partial charge in [0.2, 0.25) is 5.91 Å². The van der Waals surface area contributed by atoms with Crippen molar-refractivity contribution in [2.45, 2.75) is 32.8 Å². The fourth-order valence-electron chi connectivity index (χ4n) is 2.94. The van der Waals surface area contributed by atoms with E-state index in [1.54, 1.807) is 6.20 Å². The Bertz CT molecular complexity index is 782. The molecule has 0 unspecified atom stereocenters. The van der Waals surface area contributed by atoms with Crippen molar-refractivity contribution in [3.05, 3.63) is 36.0 Å². The molecule has 1 fully saturated rings. The number of hydrogen-bond donors (Lipinski definition) is 0. The Morgan fingerprint density at radius 3 is 2.52 bits per heavy atom. The maximum atomic E-state index is 12.6. The Balaban J connectivity index is 1.88. The van der Waals surface area contributed by atoms with E-state index in [0.29, 0.717) is 26.3 Å². The summed E-state index contributed by atoms with van der Waals surface area (Å²) in [5.74, 6) is 0.0513. The van der Waals surface area contributed by atoms with Gasteiger partial charge in [-0.15, -0.1) is 0 Å². The van der Waals surface area contributed by atoms with Gasteiger partial charge in [-0.2, -0.15) is 0 Å². The minimum absolute atomic E-state index is 0.0513. The van der Waals surface area contributed by atoms with Crippen molar-refractivity contribution in [1.29, 1.82) is 0 Å². The van der Waals surface area contributed by atoms with Crippen molar-refractivity contribution < 1.29 is 19.1 Å². The minimum atomic E-state index is -0.577. The lowest BCUT2D eigenvalue weighted by molar-refractivity contribution is -0.134. The van der Waals surface area contributed by atoms with E-state index < -0.39 is 11.7 Å². The number of nitrogens with zero attached hydrogens (tertiary/aromatic N) is 2. The number of carbonyl (C=O) groups excluding carboxylic acids is 2. The molecule has 6 nitrogen and oxygen atoms in total. The quantitative estimate of drug-likeness (QED) is 0.840. The first kappa shape index (κ1) is 17.5. The normalized spacial score (nSPS) is 15.4. The summed E-state index contributed by atoms with van der Waals surface area (Å²) in [5.41, 5.74) is 1.01. The first-order valence-corrected chi connectivity index (χ1v) is 8.53. The van der Waals surface area contributed by atoms with E-state index in [0.717, 1.165) is 16.5 Å². The number of amides is 1. The van der Waals surface area contributed by atoms with Crippen LogP contribution in [0.1, 0.15) is 26.3 Å². The molecule has 1 aromatic carbocycles. The largest absolute Gasteiger partial charge is 0.443 e. The van der Waals surface area contributed by atoms with Gasteiger partial charge in [-0.1, -0.05) is 18.2 Å². The number of benzene rings is 1. The summed E-state index contributed by atoms with van der Waals surface area (Å²) in [6, 6.07) is 7.57. The number of aromatic nitrogens is 1. The highest BCUT2D eigenvalue weighted by atomic mass is 16.6. The molecule has 2 heterocycles. The summed E-state index contributed by atoms with van der Waals surface area (Å²) in [4.78, 5) is 26.9. The summed E-state index contributed by atoms with van der Waals surface area (Å²) in [5, 5.41) is 0.898. The van der Waals surface area contributed by atoms with Crippen LogP contribution in [-0.2, 0) is 20.7 Å². The lowest BCUT2D eigenvalue weighted by atomic mass is 10.1. The molecule has 134 valence electrons. The smallest absolute Gasteiger partial charge is 0.419 e. The molecule has 0 aliphatic carbocycles. The predicted octanol–water partition coefficient (Wildman–Crippen LogP) is 2.83. The van der Waals surface area contributed by atoms with Crippen LogP contribution in [0.5, 0.6) is 0 Å². The second-order valence-corrected chi connectivity index (χ2v) is 7.19. The number of hydrogen-bond acceptors (Lipinski definition) is 4. The van der Waals surface area contributed by atoms with Crippen molar-refractivity contribution >= 4 is 22.9 Å². The van der Waals surface area contributed by atoms with E-state index in [4.69, 9.17) is 9.47 Å². The molecule has 25 heavy (non-hydrogen) atoms. The lowest BCUT2D eigenvalue weighted by Crippen LogP contribution is -2.41. The highest BCUT2D eigenvalue weighted by Crippen LogP contribution is 2.24. The lowest BCUT2D eigenvalue weighted by Gasteiger charge is -2.26. The van der Waals surface area contributed by atoms with Crippen molar-refractivity contribution in [2.24, 2.45) is 0 Å². The minimum Gasteiger partial charge on any atom is -0.443 e. The molecular weight excluding hydrogens is 320 g/mol. The molecule has 0 atom stereocenters. The molecule has 1 saturated heterocycles. The maximum Gasteiger partial charge on any atom is 0.419 e. The van der Waals surface area contributed by atoms with Gasteiger partial charge in [0.1, 0.15) is 5.60 Å². The Morgan fingerprint density at radius 1 is 1.16 bits per heavy atom. The first-order chi connectivity index (χ1) is 11.8. The number of ether oxygens (including phenoxy) is 2. The molecule has 0 N–H and O–H groups in total. The van der Waals surface area contributed by atoms with E-state index in [9.17, 15) is 9.59 Å². The van der Waals surface area contributed by atoms with Crippen LogP contribution < -0.4 is 0 Å². The summed E-state index contributed by atoms with van der Waals surface area (Å²) in [6.07, 6.45) is 1.54. The maximum absolute atomic E-state index is 12.6. The number of carbonyl (C=O) groups is 2. The molecule has 6 heteroatoms. The predicted molar refractivity (Wildman–Crippen MR) is 94.7 cm³/mol. The highest BCUT2D eigenvalue weighted by Gasteiger charge is 2.23. The van der Waals surface area contributed by atoms with Gasteiger partial charge in [0, 0.05) is 24.7 Å². The molecule has 1 aromatic heterocycles. The van der Waals surface area contributed by atoms with Crippen LogP contribution in [0.25, 0.3) is 10.9 Å². The number of rotatable bonds is 2. The Hall–Kier alpha value is -2.34. The number of morpholine rings is 1. The van der Waals surface area contributed by atoms with Gasteiger partial charge in [0.05, 0.1) is 25.2 Å². The van der Waals surface area contributed by atoms with Gasteiger partial charge in [-0.3, -0.25) is 9.36 Å². The average Bonchev–Trinajstić information content (AvgIpc) is 2.93. The van der Waals surface area contributed by atoms with E-state index in [1.165, 1.54) is 4.57 Å². The molecule has 1 aliphatic rings. The zero-order valence-electron chi connectivity index (χ0n) is 14.9. The Labute approximate surface area is 147 Å². The van der Waals surface area contributed by atoms with Crippen LogP contribution in [-0.4, -0.2) is 53.4 Å². The first-order valence-electron chi connectivity index (χ1n) is 8.53. The Kier molecular flexibility index (Phi) is 4.81. The van der Waals surface area contributed by atoms with Gasteiger partial charge < -0.3 is 14.4 Å². The summed E-state index contributed by atoms with van der Waals surface area (Å²) >= 11 is 0. The van der Waals surface area contributed by atoms with Gasteiger partial charge >= 0.3 is 6.09 Å². The Morgan fingerprint density at radius 2 is 1.84 bits per heavy atom. The zero-order valence-corrected chi connectivity index (χ0v) is 14.9. The highest BCUT2D eigenvalue weighted by molar-refractivity contribution is 5.94. The molecular formula is C19H24N2O4. The van der Waals surface area contributed by atoms with E-state index in [-0.39, 0.29) is 12.3 Å². The second kappa shape index (κ2) is 6.88. The second-order valence-electron chi connectivity index (χ2n) is 7.19. The monoisotopic (exact) mass is 344 g/mol. The van der Waals surface area contributed by atoms with Crippen molar-refractivity contribution in [3.63, 3.8) is 0 Å². The SMILES string of the molecule is CC(C)(C)OC(=O)n1cc(CC(=O)N2CCOCC2)c2ccccc21. The van der Waals surface area contributed by atoms with Crippen LogP contribution in [0.2, 0.25) is 0 Å². The van der Waals surface area contributed by atoms with Gasteiger partial charge in [-0.25, -0.2) is 4.79 Å². The van der Waals surface area contributed by atoms with E-state index in [2.05, 4.69) is 0 Å². The molecule has 0 radical (unpaired) electrons. The van der Waals surface area contributed by atoms with Crippen LogP contribution in [0.15, 0.2) is 30.5 Å². The molecule has 0 saturated carbocycles. The van der Waals surface area contributed by atoms with Gasteiger partial charge in [0.25, 0.3) is 0 Å². The summed E-state index contributed by atoms with van der Waals surface area (Å²) in [7, 11) is 0. The molecule has 3 rings (SSSR count). The topological polar surface area (TPSA) is 60.8 Å². The van der Waals surface area contributed by atoms with E-state index in [1.807, 2.05) is 49.9 Å². The molecule has 0 bridgehead atoms. The van der Waals surface area contributed by atoms with Gasteiger partial charge in [0.15, 0.2) is 0 Å². The molecule has 1 amide bonds. The molecule has 1 aliphatic heterocycles. The van der Waals surface area contributed by atoms with Crippen LogP contribution in [0.4, 0.5) is 4.79 Å². The summed E-state index contributed by atoms with van der Waals surface area (Å²) in [6.45, 7) is 7.88. The molecule has 0 spiro atoms. The average molecular weight is 344 g/mol. The third kappa shape index (κ3) is 4.02. The van der Waals surface area contributed by atoms with Crippen LogP contribution >= 0.6 is 0 Å². The third-order valence-electron chi connectivity index (χ3n) is 4.09. The third-order valence-corrected chi connectivity index (χ3v) is 4.09.